The number of ether oxygens (including phenoxy) is 1. The number of aromatic amines is 1. The van der Waals surface area contributed by atoms with E-state index in [2.05, 4.69) is 20.2 Å². The summed E-state index contributed by atoms with van der Waals surface area (Å²) in [6.07, 6.45) is 4.52. The number of rotatable bonds is 3. The summed E-state index contributed by atoms with van der Waals surface area (Å²) in [6.45, 7) is 2.27. The Hall–Kier alpha value is -2.70. The van der Waals surface area contributed by atoms with E-state index in [0.29, 0.717) is 13.2 Å². The number of carbonyl (C=O) groups is 1. The maximum atomic E-state index is 11.8. The van der Waals surface area contributed by atoms with Crippen molar-refractivity contribution in [3.8, 4) is 5.75 Å². The Morgan fingerprint density at radius 1 is 1.52 bits per heavy atom. The van der Waals surface area contributed by atoms with E-state index in [1.165, 1.54) is 0 Å². The first-order valence-electron chi connectivity index (χ1n) is 7.64. The molecule has 23 heavy (non-hydrogen) atoms. The number of nitrogens with one attached hydrogen (secondary N) is 2. The fourth-order valence-electron chi connectivity index (χ4n) is 2.66. The van der Waals surface area contributed by atoms with Crippen molar-refractivity contribution >= 4 is 17.4 Å². The van der Waals surface area contributed by atoms with Gasteiger partial charge in [0.2, 0.25) is 0 Å². The zero-order chi connectivity index (χ0) is 16.2. The van der Waals surface area contributed by atoms with Crippen LogP contribution in [-0.2, 0) is 6.54 Å². The van der Waals surface area contributed by atoms with Gasteiger partial charge in [-0.25, -0.2) is 9.78 Å². The average molecular weight is 315 g/mol. The minimum atomic E-state index is -0.154. The predicted molar refractivity (Wildman–Crippen MR) is 89.1 cm³/mol. The van der Waals surface area contributed by atoms with Crippen molar-refractivity contribution in [2.75, 3.05) is 37.0 Å². The summed E-state index contributed by atoms with van der Waals surface area (Å²) in [5.74, 6) is 0.840. The van der Waals surface area contributed by atoms with Crippen LogP contribution in [0, 0.1) is 0 Å². The molecular weight excluding hydrogens is 294 g/mol. The Kier molecular flexibility index (Phi) is 4.36. The molecule has 1 aromatic carbocycles. The number of hydrogen-bond acceptors (Lipinski definition) is 4. The van der Waals surface area contributed by atoms with Gasteiger partial charge in [0.05, 0.1) is 30.9 Å². The predicted octanol–water partition coefficient (Wildman–Crippen LogP) is 1.97. The Balaban J connectivity index is 1.92. The average Bonchev–Trinajstić information content (AvgIpc) is 3.01. The van der Waals surface area contributed by atoms with E-state index in [1.807, 2.05) is 24.4 Å². The van der Waals surface area contributed by atoms with E-state index in [4.69, 9.17) is 4.74 Å². The van der Waals surface area contributed by atoms with Crippen LogP contribution in [0.4, 0.5) is 16.2 Å². The van der Waals surface area contributed by atoms with E-state index < -0.39 is 0 Å². The lowest BCUT2D eigenvalue weighted by Crippen LogP contribution is -2.34. The van der Waals surface area contributed by atoms with Crippen LogP contribution in [0.15, 0.2) is 30.7 Å². The number of anilines is 2. The number of imidazole rings is 1. The standard InChI is InChI=1S/C16H21N5O2/c1-17-16(22)20(2)13-4-5-15-14(8-13)21(6-3-7-23-15)10-12-9-18-11-19-12/h4-5,8-9,11H,3,6-7,10H2,1-2H3,(H,17,22)(H,18,19). The first-order valence-corrected chi connectivity index (χ1v) is 7.64. The van der Waals surface area contributed by atoms with E-state index >= 15 is 0 Å². The molecule has 3 rings (SSSR count). The molecule has 0 spiro atoms. The Morgan fingerprint density at radius 3 is 3.13 bits per heavy atom. The van der Waals surface area contributed by atoms with Gasteiger partial charge in [-0.2, -0.15) is 0 Å². The number of benzene rings is 1. The van der Waals surface area contributed by atoms with Gasteiger partial charge in [-0.1, -0.05) is 0 Å². The number of urea groups is 1. The molecule has 0 aliphatic carbocycles. The second-order valence-corrected chi connectivity index (χ2v) is 5.45. The molecule has 2 N–H and O–H groups in total. The SMILES string of the molecule is CNC(=O)N(C)c1ccc2c(c1)N(Cc1c[nH]cn1)CCCO2. The van der Waals surface area contributed by atoms with Crippen molar-refractivity contribution < 1.29 is 9.53 Å². The van der Waals surface area contributed by atoms with E-state index in [9.17, 15) is 4.79 Å². The number of nitrogens with zero attached hydrogens (tertiary/aromatic N) is 3. The fourth-order valence-corrected chi connectivity index (χ4v) is 2.66. The normalized spacial score (nSPS) is 13.7. The molecule has 7 heteroatoms. The molecule has 0 saturated heterocycles. The van der Waals surface area contributed by atoms with Gasteiger partial charge in [0.1, 0.15) is 5.75 Å². The molecule has 122 valence electrons. The van der Waals surface area contributed by atoms with Crippen LogP contribution in [0.25, 0.3) is 0 Å². The van der Waals surface area contributed by atoms with E-state index in [1.54, 1.807) is 25.3 Å². The van der Waals surface area contributed by atoms with Crippen LogP contribution in [0.5, 0.6) is 5.75 Å². The topological polar surface area (TPSA) is 73.5 Å². The van der Waals surface area contributed by atoms with Gasteiger partial charge >= 0.3 is 6.03 Å². The lowest BCUT2D eigenvalue weighted by atomic mass is 10.2. The van der Waals surface area contributed by atoms with Gasteiger partial charge in [0.15, 0.2) is 0 Å². The molecule has 1 aromatic heterocycles. The summed E-state index contributed by atoms with van der Waals surface area (Å²) in [5.41, 5.74) is 2.78. The van der Waals surface area contributed by atoms with E-state index in [-0.39, 0.29) is 6.03 Å². The highest BCUT2D eigenvalue weighted by Gasteiger charge is 2.20. The molecule has 0 saturated carbocycles. The lowest BCUT2D eigenvalue weighted by Gasteiger charge is -2.25. The first kappa shape index (κ1) is 15.2. The monoisotopic (exact) mass is 315 g/mol. The third kappa shape index (κ3) is 3.23. The molecule has 7 nitrogen and oxygen atoms in total. The molecule has 1 aliphatic heterocycles. The maximum Gasteiger partial charge on any atom is 0.321 e. The zero-order valence-corrected chi connectivity index (χ0v) is 13.4. The zero-order valence-electron chi connectivity index (χ0n) is 13.4. The summed E-state index contributed by atoms with van der Waals surface area (Å²) in [4.78, 5) is 22.9. The first-order chi connectivity index (χ1) is 11.2. The number of fused-ring (bicyclic) bond motifs is 1. The summed E-state index contributed by atoms with van der Waals surface area (Å²) in [7, 11) is 3.37. The largest absolute Gasteiger partial charge is 0.491 e. The summed E-state index contributed by atoms with van der Waals surface area (Å²) >= 11 is 0. The van der Waals surface area contributed by atoms with E-state index in [0.717, 1.165) is 35.8 Å². The Morgan fingerprint density at radius 2 is 2.39 bits per heavy atom. The van der Waals surface area contributed by atoms with Gasteiger partial charge in [-0.15, -0.1) is 0 Å². The number of H-pyrrole nitrogens is 1. The highest BCUT2D eigenvalue weighted by Crippen LogP contribution is 2.35. The Bertz CT molecular complexity index is 671. The molecule has 2 heterocycles. The quantitative estimate of drug-likeness (QED) is 0.908. The van der Waals surface area contributed by atoms with Crippen LogP contribution in [0.2, 0.25) is 0 Å². The lowest BCUT2D eigenvalue weighted by molar-refractivity contribution is 0.249. The third-order valence-corrected chi connectivity index (χ3v) is 3.93. The number of amides is 2. The number of carbonyl (C=O) groups excluding carboxylic acids is 1. The van der Waals surface area contributed by atoms with Gasteiger partial charge in [-0.05, 0) is 24.6 Å². The third-order valence-electron chi connectivity index (χ3n) is 3.93. The van der Waals surface area contributed by atoms with Crippen LogP contribution in [0.1, 0.15) is 12.1 Å². The maximum absolute atomic E-state index is 11.8. The highest BCUT2D eigenvalue weighted by atomic mass is 16.5. The minimum Gasteiger partial charge on any atom is -0.491 e. The van der Waals surface area contributed by atoms with Crippen molar-refractivity contribution in [3.05, 3.63) is 36.4 Å². The molecule has 0 fully saturated rings. The van der Waals surface area contributed by atoms with Crippen LogP contribution in [-0.4, -0.2) is 43.2 Å². The second kappa shape index (κ2) is 6.60. The van der Waals surface area contributed by atoms with Gasteiger partial charge in [-0.3, -0.25) is 4.90 Å². The van der Waals surface area contributed by atoms with Crippen LogP contribution >= 0.6 is 0 Å². The Labute approximate surface area is 135 Å². The number of aromatic nitrogens is 2. The molecule has 0 atom stereocenters. The minimum absolute atomic E-state index is 0.154. The molecule has 0 radical (unpaired) electrons. The van der Waals surface area contributed by atoms with Crippen molar-refractivity contribution in [2.45, 2.75) is 13.0 Å². The molecule has 2 aromatic rings. The van der Waals surface area contributed by atoms with Crippen molar-refractivity contribution in [1.82, 2.24) is 15.3 Å². The molecule has 0 bridgehead atoms. The molecular formula is C16H21N5O2. The highest BCUT2D eigenvalue weighted by molar-refractivity contribution is 5.92. The fraction of sp³-hybridized carbons (Fsp3) is 0.375. The molecule has 0 unspecified atom stereocenters. The molecule has 2 amide bonds. The summed E-state index contributed by atoms with van der Waals surface area (Å²) in [5, 5.41) is 2.63. The summed E-state index contributed by atoms with van der Waals surface area (Å²) in [6, 6.07) is 5.65. The smallest absolute Gasteiger partial charge is 0.321 e. The summed E-state index contributed by atoms with van der Waals surface area (Å²) < 4.78 is 5.83. The second-order valence-electron chi connectivity index (χ2n) is 5.45. The van der Waals surface area contributed by atoms with Gasteiger partial charge in [0, 0.05) is 32.5 Å². The number of hydrogen-bond donors (Lipinski definition) is 2. The van der Waals surface area contributed by atoms with Crippen LogP contribution in [0.3, 0.4) is 0 Å². The van der Waals surface area contributed by atoms with Crippen molar-refractivity contribution in [2.24, 2.45) is 0 Å². The molecule has 1 aliphatic rings. The van der Waals surface area contributed by atoms with Crippen LogP contribution < -0.4 is 19.9 Å². The van der Waals surface area contributed by atoms with Gasteiger partial charge in [0.25, 0.3) is 0 Å². The van der Waals surface area contributed by atoms with Crippen molar-refractivity contribution in [3.63, 3.8) is 0 Å². The van der Waals surface area contributed by atoms with Crippen molar-refractivity contribution in [1.29, 1.82) is 0 Å². The van der Waals surface area contributed by atoms with Gasteiger partial charge < -0.3 is 19.9 Å².